The number of rotatable bonds is 1. The van der Waals surface area contributed by atoms with E-state index in [1.807, 2.05) is 12.3 Å². The average molecular weight is 213 g/mol. The summed E-state index contributed by atoms with van der Waals surface area (Å²) in [7, 11) is 0. The molecule has 0 spiro atoms. The zero-order valence-corrected chi connectivity index (χ0v) is 9.16. The molecule has 82 valence electrons. The quantitative estimate of drug-likeness (QED) is 0.716. The predicted octanol–water partition coefficient (Wildman–Crippen LogP) is 2.19. The van der Waals surface area contributed by atoms with Crippen LogP contribution in [0.2, 0.25) is 0 Å². The van der Waals surface area contributed by atoms with Crippen LogP contribution in [-0.4, -0.2) is 22.6 Å². The normalized spacial score (nSPS) is 27.9. The van der Waals surface area contributed by atoms with E-state index in [2.05, 4.69) is 39.2 Å². The van der Waals surface area contributed by atoms with Crippen molar-refractivity contribution in [2.45, 2.75) is 18.9 Å². The molecule has 3 nitrogen and oxygen atoms in total. The molecule has 1 aromatic heterocycles. The van der Waals surface area contributed by atoms with Gasteiger partial charge in [0.15, 0.2) is 0 Å². The molecule has 3 rings (SSSR count). The van der Waals surface area contributed by atoms with E-state index in [1.54, 1.807) is 6.33 Å². The Balaban J connectivity index is 1.90. The van der Waals surface area contributed by atoms with Gasteiger partial charge in [0.25, 0.3) is 0 Å². The summed E-state index contributed by atoms with van der Waals surface area (Å²) in [5, 5.41) is 0. The van der Waals surface area contributed by atoms with Gasteiger partial charge in [0.05, 0.1) is 6.04 Å². The van der Waals surface area contributed by atoms with Crippen molar-refractivity contribution >= 4 is 5.82 Å². The third kappa shape index (κ3) is 1.62. The Morgan fingerprint density at radius 2 is 2.19 bits per heavy atom. The van der Waals surface area contributed by atoms with E-state index in [0.29, 0.717) is 12.0 Å². The van der Waals surface area contributed by atoms with Gasteiger partial charge in [0.2, 0.25) is 0 Å². The molecule has 0 radical (unpaired) electrons. The molecule has 2 unspecified atom stereocenters. The summed E-state index contributed by atoms with van der Waals surface area (Å²) < 4.78 is 0. The number of piperidine rings is 1. The molecular weight excluding hydrogens is 198 g/mol. The highest BCUT2D eigenvalue weighted by molar-refractivity contribution is 5.42. The molecule has 2 heterocycles. The lowest BCUT2D eigenvalue weighted by Crippen LogP contribution is -2.44. The first-order chi connectivity index (χ1) is 7.95. The second kappa shape index (κ2) is 4.08. The second-order valence-corrected chi connectivity index (χ2v) is 4.33. The lowest BCUT2D eigenvalue weighted by Gasteiger charge is -2.40. The van der Waals surface area contributed by atoms with E-state index in [9.17, 15) is 0 Å². The van der Waals surface area contributed by atoms with Gasteiger partial charge < -0.3 is 4.90 Å². The molecular formula is C13H15N3. The van der Waals surface area contributed by atoms with Gasteiger partial charge in [-0.15, -0.1) is 0 Å². The first-order valence-electron chi connectivity index (χ1n) is 5.83. The highest BCUT2D eigenvalue weighted by atomic mass is 15.2. The average Bonchev–Trinajstić information content (AvgIpc) is 2.39. The third-order valence-corrected chi connectivity index (χ3v) is 3.37. The van der Waals surface area contributed by atoms with Gasteiger partial charge in [-0.25, -0.2) is 9.97 Å². The summed E-state index contributed by atoms with van der Waals surface area (Å²) in [6.45, 7) is 1.09. The van der Waals surface area contributed by atoms with Gasteiger partial charge in [-0.1, -0.05) is 24.3 Å². The van der Waals surface area contributed by atoms with E-state index < -0.39 is 0 Å². The Hall–Kier alpha value is -1.64. The van der Waals surface area contributed by atoms with Gasteiger partial charge in [0.1, 0.15) is 12.1 Å². The monoisotopic (exact) mass is 213 g/mol. The summed E-state index contributed by atoms with van der Waals surface area (Å²) in [4.78, 5) is 10.7. The fourth-order valence-electron chi connectivity index (χ4n) is 2.61. The van der Waals surface area contributed by atoms with Crippen molar-refractivity contribution in [2.24, 2.45) is 5.92 Å². The Kier molecular flexibility index (Phi) is 2.44. The minimum Gasteiger partial charge on any atom is -0.349 e. The molecule has 1 saturated heterocycles. The maximum atomic E-state index is 4.35. The Labute approximate surface area is 95.5 Å². The summed E-state index contributed by atoms with van der Waals surface area (Å²) in [6, 6.07) is 2.47. The van der Waals surface area contributed by atoms with E-state index in [4.69, 9.17) is 0 Å². The van der Waals surface area contributed by atoms with Crippen LogP contribution in [0.5, 0.6) is 0 Å². The van der Waals surface area contributed by atoms with Gasteiger partial charge in [-0.2, -0.15) is 0 Å². The van der Waals surface area contributed by atoms with Gasteiger partial charge in [0, 0.05) is 18.7 Å². The molecule has 0 aromatic carbocycles. The van der Waals surface area contributed by atoms with Crippen molar-refractivity contribution in [1.29, 1.82) is 0 Å². The molecule has 2 atom stereocenters. The van der Waals surface area contributed by atoms with Crippen LogP contribution in [-0.2, 0) is 0 Å². The van der Waals surface area contributed by atoms with Crippen LogP contribution in [0.1, 0.15) is 12.8 Å². The summed E-state index contributed by atoms with van der Waals surface area (Å²) in [5.74, 6) is 1.69. The Bertz CT molecular complexity index is 410. The zero-order valence-electron chi connectivity index (χ0n) is 9.16. The van der Waals surface area contributed by atoms with Crippen LogP contribution in [0.25, 0.3) is 0 Å². The van der Waals surface area contributed by atoms with E-state index in [-0.39, 0.29) is 0 Å². The molecule has 0 saturated carbocycles. The van der Waals surface area contributed by atoms with Crippen molar-refractivity contribution in [3.63, 3.8) is 0 Å². The fraction of sp³-hybridized carbons (Fsp3) is 0.385. The van der Waals surface area contributed by atoms with E-state index in [1.165, 1.54) is 12.8 Å². The van der Waals surface area contributed by atoms with Crippen molar-refractivity contribution in [3.05, 3.63) is 42.9 Å². The number of anilines is 1. The highest BCUT2D eigenvalue weighted by Crippen LogP contribution is 2.30. The Morgan fingerprint density at radius 1 is 1.25 bits per heavy atom. The molecule has 1 aliphatic heterocycles. The number of nitrogens with zero attached hydrogens (tertiary/aromatic N) is 3. The lowest BCUT2D eigenvalue weighted by atomic mass is 9.86. The van der Waals surface area contributed by atoms with Crippen LogP contribution < -0.4 is 4.90 Å². The Morgan fingerprint density at radius 3 is 3.06 bits per heavy atom. The van der Waals surface area contributed by atoms with E-state index >= 15 is 0 Å². The third-order valence-electron chi connectivity index (χ3n) is 3.37. The maximum Gasteiger partial charge on any atom is 0.132 e. The van der Waals surface area contributed by atoms with E-state index in [0.717, 1.165) is 12.4 Å². The first kappa shape index (κ1) is 9.58. The minimum absolute atomic E-state index is 0.480. The molecule has 3 heteroatoms. The minimum atomic E-state index is 0.480. The number of hydrogen-bond acceptors (Lipinski definition) is 3. The van der Waals surface area contributed by atoms with Crippen molar-refractivity contribution in [1.82, 2.24) is 9.97 Å². The van der Waals surface area contributed by atoms with Crippen molar-refractivity contribution in [2.75, 3.05) is 11.4 Å². The second-order valence-electron chi connectivity index (χ2n) is 4.33. The number of aromatic nitrogens is 2. The van der Waals surface area contributed by atoms with Gasteiger partial charge >= 0.3 is 0 Å². The van der Waals surface area contributed by atoms with Gasteiger partial charge in [-0.3, -0.25) is 0 Å². The largest absolute Gasteiger partial charge is 0.349 e. The summed E-state index contributed by atoms with van der Waals surface area (Å²) >= 11 is 0. The molecule has 0 amide bonds. The predicted molar refractivity (Wildman–Crippen MR) is 64.2 cm³/mol. The van der Waals surface area contributed by atoms with Crippen molar-refractivity contribution in [3.8, 4) is 0 Å². The topological polar surface area (TPSA) is 29.0 Å². The van der Waals surface area contributed by atoms with Crippen LogP contribution in [0.4, 0.5) is 5.82 Å². The molecule has 1 aliphatic carbocycles. The maximum absolute atomic E-state index is 4.35. The number of allylic oxidation sites excluding steroid dienone is 2. The molecule has 16 heavy (non-hydrogen) atoms. The molecule has 0 bridgehead atoms. The molecule has 0 N–H and O–H groups in total. The molecule has 2 aliphatic rings. The van der Waals surface area contributed by atoms with Gasteiger partial charge in [-0.05, 0) is 18.9 Å². The fourth-order valence-corrected chi connectivity index (χ4v) is 2.61. The zero-order chi connectivity index (χ0) is 10.8. The molecule has 1 aromatic rings. The first-order valence-corrected chi connectivity index (χ1v) is 5.83. The van der Waals surface area contributed by atoms with Crippen LogP contribution in [0, 0.1) is 5.92 Å². The van der Waals surface area contributed by atoms with Crippen LogP contribution in [0.3, 0.4) is 0 Å². The van der Waals surface area contributed by atoms with Crippen LogP contribution in [0.15, 0.2) is 42.9 Å². The summed E-state index contributed by atoms with van der Waals surface area (Å²) in [5.41, 5.74) is 0. The smallest absolute Gasteiger partial charge is 0.132 e. The number of fused-ring (bicyclic) bond motifs is 1. The lowest BCUT2D eigenvalue weighted by molar-refractivity contribution is 0.419. The highest BCUT2D eigenvalue weighted by Gasteiger charge is 2.29. The SMILES string of the molecule is C1=CC2CCCN(c3ccncn3)C2C=C1. The van der Waals surface area contributed by atoms with Crippen molar-refractivity contribution < 1.29 is 0 Å². The molecule has 1 fully saturated rings. The summed E-state index contributed by atoms with van der Waals surface area (Å²) in [6.07, 6.45) is 14.9. The van der Waals surface area contributed by atoms with Crippen LogP contribution >= 0.6 is 0 Å². The number of hydrogen-bond donors (Lipinski definition) is 0. The standard InChI is InChI=1S/C13H15N3/c1-2-6-12-11(4-1)5-3-9-16(12)13-7-8-14-10-15-13/h1-2,4,6-8,10-12H,3,5,9H2.